The van der Waals surface area contributed by atoms with E-state index in [1.54, 1.807) is 25.1 Å². The number of aromatic nitrogens is 4. The minimum Gasteiger partial charge on any atom is -0.454 e. The van der Waals surface area contributed by atoms with Gasteiger partial charge in [-0.05, 0) is 61.0 Å². The lowest BCUT2D eigenvalue weighted by Crippen LogP contribution is -2.39. The largest absolute Gasteiger partial charge is 0.454 e. The number of rotatable bonds is 7. The van der Waals surface area contributed by atoms with E-state index < -0.39 is 47.9 Å². The Balaban J connectivity index is 0.000000190. The van der Waals surface area contributed by atoms with E-state index in [0.717, 1.165) is 28.7 Å². The summed E-state index contributed by atoms with van der Waals surface area (Å²) >= 11 is 10.8. The first-order valence-electron chi connectivity index (χ1n) is 14.7. The molecule has 0 spiro atoms. The number of alkyl halides is 6. The Labute approximate surface area is 297 Å². The molecule has 0 saturated heterocycles. The van der Waals surface area contributed by atoms with Gasteiger partial charge in [-0.3, -0.25) is 28.7 Å². The lowest BCUT2D eigenvalue weighted by atomic mass is 10.1. The van der Waals surface area contributed by atoms with Crippen molar-refractivity contribution >= 4 is 29.2 Å². The van der Waals surface area contributed by atoms with Crippen LogP contribution in [0.3, 0.4) is 0 Å². The fourth-order valence-electron chi connectivity index (χ4n) is 4.49. The van der Waals surface area contributed by atoms with Crippen LogP contribution in [-0.2, 0) is 13.1 Å². The molecular formula is C30H28Cl2F6N6O8. The molecule has 0 radical (unpaired) electrons. The zero-order valence-electron chi connectivity index (χ0n) is 26.8. The average Bonchev–Trinajstić information content (AvgIpc) is 3.73. The normalized spacial score (nSPS) is 14.0. The highest BCUT2D eigenvalue weighted by Crippen LogP contribution is 2.35. The number of benzene rings is 2. The summed E-state index contributed by atoms with van der Waals surface area (Å²) in [4.78, 5) is 52.0. The van der Waals surface area contributed by atoms with E-state index in [1.165, 1.54) is 0 Å². The van der Waals surface area contributed by atoms with Crippen molar-refractivity contribution < 1.29 is 45.3 Å². The van der Waals surface area contributed by atoms with Crippen LogP contribution in [0.15, 0.2) is 67.7 Å². The van der Waals surface area contributed by atoms with E-state index in [4.69, 9.17) is 42.3 Å². The number of hydrogen-bond acceptors (Lipinski definition) is 10. The minimum absolute atomic E-state index is 0.0197. The van der Waals surface area contributed by atoms with Crippen molar-refractivity contribution in [2.75, 3.05) is 18.9 Å². The van der Waals surface area contributed by atoms with Crippen molar-refractivity contribution in [2.24, 2.45) is 0 Å². The van der Waals surface area contributed by atoms with Gasteiger partial charge in [0.15, 0.2) is 23.0 Å². The lowest BCUT2D eigenvalue weighted by Gasteiger charge is -2.16. The number of aromatic amines is 2. The third kappa shape index (κ3) is 11.0. The second-order valence-electron chi connectivity index (χ2n) is 10.9. The predicted molar refractivity (Wildman–Crippen MR) is 174 cm³/mol. The standard InChI is InChI=1S/C15H14F3N3O4.C9H10ClNO2.C6H4ClF3N2O2/c1-8(9-2-3-10-11(4-9)25-7-24-10)19-12-5-13(22)21(14(23)20-12)6-15(16,17)18;1-6(11-10)7-2-3-8-9(4-7)13-5-12-8;7-3-1-4(13)12(5(14)11-3)2-6(8,9)10/h2-5,8,19H,6-7H2,1H3,(H,20,23);2-4,6,11H,5H2,1H3;1H,2H2,(H,11,14)/t8-;6-;/m00./s1. The van der Waals surface area contributed by atoms with Gasteiger partial charge in [-0.1, -0.05) is 23.7 Å². The number of hydrogen-bond donors (Lipinski definition) is 4. The van der Waals surface area contributed by atoms with E-state index >= 15 is 0 Å². The third-order valence-electron chi connectivity index (χ3n) is 7.01. The summed E-state index contributed by atoms with van der Waals surface area (Å²) in [5, 5.41) is 2.58. The number of nitrogens with one attached hydrogen (secondary N) is 4. The maximum atomic E-state index is 12.4. The van der Waals surface area contributed by atoms with E-state index in [-0.39, 0.29) is 39.0 Å². The Morgan fingerprint density at radius 1 is 0.692 bits per heavy atom. The molecule has 282 valence electrons. The monoisotopic (exact) mass is 784 g/mol. The molecular weight excluding hydrogens is 757 g/mol. The van der Waals surface area contributed by atoms with Crippen LogP contribution in [0.5, 0.6) is 23.0 Å². The maximum absolute atomic E-state index is 12.4. The molecule has 14 nitrogen and oxygen atoms in total. The van der Waals surface area contributed by atoms with Gasteiger partial charge in [-0.2, -0.15) is 26.3 Å². The van der Waals surface area contributed by atoms with Crippen LogP contribution in [0.4, 0.5) is 32.2 Å². The van der Waals surface area contributed by atoms with Gasteiger partial charge in [0.05, 0.1) is 6.04 Å². The fraction of sp³-hybridized carbons (Fsp3) is 0.333. The molecule has 0 bridgehead atoms. The quantitative estimate of drug-likeness (QED) is 0.114. The summed E-state index contributed by atoms with van der Waals surface area (Å²) in [6, 6.07) is 12.4. The molecule has 22 heteroatoms. The summed E-state index contributed by atoms with van der Waals surface area (Å²) in [6.45, 7) is 0.909. The molecule has 2 aromatic carbocycles. The summed E-state index contributed by atoms with van der Waals surface area (Å²) in [5.41, 5.74) is -2.58. The maximum Gasteiger partial charge on any atom is 0.406 e. The van der Waals surface area contributed by atoms with E-state index in [9.17, 15) is 45.5 Å². The van der Waals surface area contributed by atoms with Crippen LogP contribution in [0, 0.1) is 0 Å². The van der Waals surface area contributed by atoms with Gasteiger partial charge in [-0.25, -0.2) is 14.4 Å². The molecule has 2 aliphatic rings. The Bertz CT molecular complexity index is 2060. The van der Waals surface area contributed by atoms with Gasteiger partial charge in [-0.15, -0.1) is 0 Å². The molecule has 0 aliphatic carbocycles. The topological polar surface area (TPSA) is 171 Å². The summed E-state index contributed by atoms with van der Waals surface area (Å²) in [6.07, 6.45) is -9.28. The number of nitrogens with zero attached hydrogens (tertiary/aromatic N) is 2. The zero-order valence-corrected chi connectivity index (χ0v) is 28.3. The second kappa shape index (κ2) is 16.5. The molecule has 2 aliphatic heterocycles. The van der Waals surface area contributed by atoms with Gasteiger partial charge in [0.2, 0.25) is 13.6 Å². The summed E-state index contributed by atoms with van der Waals surface area (Å²) in [7, 11) is 0. The van der Waals surface area contributed by atoms with Crippen molar-refractivity contribution in [1.82, 2.24) is 23.9 Å². The third-order valence-corrected chi connectivity index (χ3v) is 7.54. The number of halogens is 8. The number of fused-ring (bicyclic) bond motifs is 2. The Kier molecular flexibility index (Phi) is 12.6. The SMILES string of the molecule is C[C@H](NCl)c1ccc2c(c1)OCO2.C[C@H](Nc1cc(=O)n(CC(F)(F)F)c(=O)[nH]1)c1ccc2c(c1)OCO2.O=c1cc(Cl)[nH]c(=O)n1CC(F)(F)F. The first-order chi connectivity index (χ1) is 24.3. The van der Waals surface area contributed by atoms with Crippen molar-refractivity contribution in [1.29, 1.82) is 0 Å². The first-order valence-corrected chi connectivity index (χ1v) is 15.5. The summed E-state index contributed by atoms with van der Waals surface area (Å²) < 4.78 is 93.8. The fourth-order valence-corrected chi connectivity index (χ4v) is 4.79. The van der Waals surface area contributed by atoms with Crippen LogP contribution in [0.1, 0.15) is 37.1 Å². The minimum atomic E-state index is -4.66. The number of anilines is 1. The molecule has 52 heavy (non-hydrogen) atoms. The lowest BCUT2D eigenvalue weighted by molar-refractivity contribution is -0.142. The van der Waals surface area contributed by atoms with E-state index in [0.29, 0.717) is 24.4 Å². The van der Waals surface area contributed by atoms with Crippen LogP contribution in [0.2, 0.25) is 5.15 Å². The molecule has 2 aromatic heterocycles. The van der Waals surface area contributed by atoms with Crippen LogP contribution in [0.25, 0.3) is 0 Å². The predicted octanol–water partition coefficient (Wildman–Crippen LogP) is 4.97. The Morgan fingerprint density at radius 2 is 1.13 bits per heavy atom. The Hall–Kier alpha value is -5.08. The van der Waals surface area contributed by atoms with Gasteiger partial charge in [0.1, 0.15) is 24.1 Å². The highest BCUT2D eigenvalue weighted by atomic mass is 35.5. The molecule has 0 saturated carbocycles. The molecule has 0 fully saturated rings. The van der Waals surface area contributed by atoms with Crippen molar-refractivity contribution in [3.8, 4) is 23.0 Å². The van der Waals surface area contributed by atoms with Gasteiger partial charge < -0.3 is 24.3 Å². The molecule has 0 amide bonds. The highest BCUT2D eigenvalue weighted by Gasteiger charge is 2.30. The molecule has 2 atom stereocenters. The van der Waals surface area contributed by atoms with Crippen LogP contribution in [-0.4, -0.2) is 45.0 Å². The van der Waals surface area contributed by atoms with Crippen molar-refractivity contribution in [3.63, 3.8) is 0 Å². The van der Waals surface area contributed by atoms with E-state index in [1.807, 2.05) is 30.1 Å². The number of H-pyrrole nitrogens is 2. The number of ether oxygens (including phenoxy) is 4. The highest BCUT2D eigenvalue weighted by molar-refractivity contribution is 6.29. The molecule has 4 aromatic rings. The van der Waals surface area contributed by atoms with Gasteiger partial charge in [0.25, 0.3) is 11.1 Å². The van der Waals surface area contributed by atoms with Crippen molar-refractivity contribution in [2.45, 2.75) is 51.4 Å². The van der Waals surface area contributed by atoms with Crippen molar-refractivity contribution in [3.05, 3.63) is 106 Å². The average molecular weight is 785 g/mol. The van der Waals surface area contributed by atoms with Gasteiger partial charge >= 0.3 is 23.7 Å². The zero-order chi connectivity index (χ0) is 38.4. The van der Waals surface area contributed by atoms with E-state index in [2.05, 4.69) is 15.1 Å². The smallest absolute Gasteiger partial charge is 0.406 e. The summed E-state index contributed by atoms with van der Waals surface area (Å²) in [5.74, 6) is 2.79. The van der Waals surface area contributed by atoms with Crippen LogP contribution < -0.4 is 51.6 Å². The van der Waals surface area contributed by atoms with Crippen LogP contribution >= 0.6 is 23.4 Å². The molecule has 4 N–H and O–H groups in total. The first kappa shape index (κ1) is 39.7. The molecule has 4 heterocycles. The Morgan fingerprint density at radius 3 is 1.58 bits per heavy atom. The molecule has 6 rings (SSSR count). The molecule has 0 unspecified atom stereocenters. The van der Waals surface area contributed by atoms with Gasteiger partial charge in [0, 0.05) is 18.2 Å². The second-order valence-corrected chi connectivity index (χ2v) is 11.5.